The van der Waals surface area contributed by atoms with Gasteiger partial charge in [0.2, 0.25) is 0 Å². The molecule has 1 aliphatic carbocycles. The molecule has 2 N–H and O–H groups in total. The lowest BCUT2D eigenvalue weighted by atomic mass is 10.2. The molecule has 0 unspecified atom stereocenters. The molecule has 2 aromatic heterocycles. The Morgan fingerprint density at radius 2 is 2.39 bits per heavy atom. The van der Waals surface area contributed by atoms with Crippen molar-refractivity contribution in [3.8, 4) is 0 Å². The second-order valence-corrected chi connectivity index (χ2v) is 5.25. The van der Waals surface area contributed by atoms with Gasteiger partial charge in [0.15, 0.2) is 4.64 Å². The maximum Gasteiger partial charge on any atom is 0.157 e. The summed E-state index contributed by atoms with van der Waals surface area (Å²) in [6, 6.07) is 0. The van der Waals surface area contributed by atoms with Gasteiger partial charge < -0.3 is 14.8 Å². The van der Waals surface area contributed by atoms with Crippen molar-refractivity contribution < 1.29 is 9.84 Å². The number of ether oxygens (including phenoxy) is 1. The van der Waals surface area contributed by atoms with Gasteiger partial charge >= 0.3 is 0 Å². The van der Waals surface area contributed by atoms with Crippen LogP contribution in [-0.2, 0) is 4.74 Å². The highest BCUT2D eigenvalue weighted by Crippen LogP contribution is 2.56. The van der Waals surface area contributed by atoms with Crippen LogP contribution in [0.15, 0.2) is 12.7 Å². The van der Waals surface area contributed by atoms with Crippen LogP contribution < -0.4 is 0 Å². The van der Waals surface area contributed by atoms with E-state index in [-0.39, 0.29) is 18.9 Å². The lowest BCUT2D eigenvalue weighted by Gasteiger charge is -2.18. The SMILES string of the molecule is OC[C@H]1O[C@@H](n2cnc3c(=S)nc[nH]c32)[C@H]2C[C@H]21. The Morgan fingerprint density at radius 1 is 1.50 bits per heavy atom. The van der Waals surface area contributed by atoms with E-state index in [1.807, 2.05) is 4.57 Å². The van der Waals surface area contributed by atoms with E-state index in [9.17, 15) is 5.11 Å². The van der Waals surface area contributed by atoms with Crippen LogP contribution in [0.25, 0.3) is 11.2 Å². The molecule has 2 fully saturated rings. The van der Waals surface area contributed by atoms with Gasteiger partial charge in [0.1, 0.15) is 17.4 Å². The number of aromatic amines is 1. The number of aromatic nitrogens is 4. The number of nitrogens with one attached hydrogen (secondary N) is 1. The molecule has 2 aromatic rings. The lowest BCUT2D eigenvalue weighted by Crippen LogP contribution is -2.19. The van der Waals surface area contributed by atoms with Crippen LogP contribution in [0.2, 0.25) is 0 Å². The third-order valence-electron chi connectivity index (χ3n) is 3.88. The zero-order valence-electron chi connectivity index (χ0n) is 9.48. The number of nitrogens with zero attached hydrogens (tertiary/aromatic N) is 3. The summed E-state index contributed by atoms with van der Waals surface area (Å²) >= 11 is 5.14. The van der Waals surface area contributed by atoms with Crippen molar-refractivity contribution in [3.63, 3.8) is 0 Å². The normalized spacial score (nSPS) is 33.8. The molecule has 1 saturated heterocycles. The molecule has 18 heavy (non-hydrogen) atoms. The van der Waals surface area contributed by atoms with Crippen LogP contribution in [0, 0.1) is 16.5 Å². The molecule has 0 aromatic carbocycles. The van der Waals surface area contributed by atoms with Gasteiger partial charge in [-0.2, -0.15) is 0 Å². The Morgan fingerprint density at radius 3 is 3.17 bits per heavy atom. The van der Waals surface area contributed by atoms with Gasteiger partial charge in [-0.05, 0) is 12.3 Å². The molecule has 0 spiro atoms. The van der Waals surface area contributed by atoms with Gasteiger partial charge in [-0.1, -0.05) is 12.2 Å². The molecule has 3 heterocycles. The first kappa shape index (κ1) is 10.6. The Hall–Kier alpha value is -1.31. The van der Waals surface area contributed by atoms with Gasteiger partial charge in [-0.3, -0.25) is 4.57 Å². The van der Waals surface area contributed by atoms with E-state index in [0.717, 1.165) is 12.1 Å². The fourth-order valence-electron chi connectivity index (χ4n) is 2.89. The van der Waals surface area contributed by atoms with Gasteiger partial charge in [0, 0.05) is 5.92 Å². The monoisotopic (exact) mass is 264 g/mol. The van der Waals surface area contributed by atoms with Gasteiger partial charge in [0.05, 0.1) is 25.4 Å². The minimum Gasteiger partial charge on any atom is -0.394 e. The van der Waals surface area contributed by atoms with E-state index in [4.69, 9.17) is 17.0 Å². The highest BCUT2D eigenvalue weighted by Gasteiger charge is 2.56. The summed E-state index contributed by atoms with van der Waals surface area (Å²) in [7, 11) is 0. The highest BCUT2D eigenvalue weighted by atomic mass is 32.1. The first-order chi connectivity index (χ1) is 8.79. The first-order valence-corrected chi connectivity index (χ1v) is 6.37. The van der Waals surface area contributed by atoms with Crippen molar-refractivity contribution in [2.24, 2.45) is 11.8 Å². The molecule has 1 saturated carbocycles. The molecule has 0 radical (unpaired) electrons. The minimum atomic E-state index is -0.0507. The zero-order chi connectivity index (χ0) is 12.3. The van der Waals surface area contributed by atoms with Crippen LogP contribution in [0.5, 0.6) is 0 Å². The van der Waals surface area contributed by atoms with Gasteiger partial charge in [-0.15, -0.1) is 0 Å². The number of fused-ring (bicyclic) bond motifs is 2. The van der Waals surface area contributed by atoms with Crippen molar-refractivity contribution in [2.75, 3.05) is 6.61 Å². The Balaban J connectivity index is 1.80. The van der Waals surface area contributed by atoms with Crippen LogP contribution in [0.4, 0.5) is 0 Å². The van der Waals surface area contributed by atoms with Gasteiger partial charge in [0.25, 0.3) is 0 Å². The van der Waals surface area contributed by atoms with Crippen molar-refractivity contribution in [3.05, 3.63) is 17.3 Å². The number of hydrogen-bond donors (Lipinski definition) is 2. The number of rotatable bonds is 2. The maximum atomic E-state index is 9.25. The van der Waals surface area contributed by atoms with Crippen LogP contribution in [0.3, 0.4) is 0 Å². The third-order valence-corrected chi connectivity index (χ3v) is 4.18. The summed E-state index contributed by atoms with van der Waals surface area (Å²) in [5.74, 6) is 0.969. The molecule has 6 nitrogen and oxygen atoms in total. The van der Waals surface area contributed by atoms with E-state index in [1.54, 1.807) is 12.7 Å². The molecular formula is C11H12N4O2S. The second kappa shape index (κ2) is 3.59. The predicted octanol–water partition coefficient (Wildman–Crippen LogP) is 1.01. The van der Waals surface area contributed by atoms with E-state index >= 15 is 0 Å². The van der Waals surface area contributed by atoms with Crippen molar-refractivity contribution in [1.82, 2.24) is 19.5 Å². The van der Waals surface area contributed by atoms with Gasteiger partial charge in [-0.25, -0.2) is 9.97 Å². The average Bonchev–Trinajstić information content (AvgIpc) is 2.91. The van der Waals surface area contributed by atoms with Crippen molar-refractivity contribution in [1.29, 1.82) is 0 Å². The topological polar surface area (TPSA) is 76.0 Å². The summed E-state index contributed by atoms with van der Waals surface area (Å²) in [6.45, 7) is 0.0852. The molecule has 94 valence electrons. The number of aliphatic hydroxyl groups excluding tert-OH is 1. The maximum absolute atomic E-state index is 9.25. The Labute approximate surface area is 108 Å². The summed E-state index contributed by atoms with van der Waals surface area (Å²) in [4.78, 5) is 11.4. The summed E-state index contributed by atoms with van der Waals surface area (Å²) in [6.07, 6.45) is 4.33. The minimum absolute atomic E-state index is 0.0396. The quantitative estimate of drug-likeness (QED) is 0.792. The fourth-order valence-corrected chi connectivity index (χ4v) is 3.09. The van der Waals surface area contributed by atoms with Crippen LogP contribution in [-0.4, -0.2) is 37.3 Å². The molecule has 1 aliphatic heterocycles. The molecule has 0 amide bonds. The largest absolute Gasteiger partial charge is 0.394 e. The first-order valence-electron chi connectivity index (χ1n) is 5.96. The Bertz CT molecular complexity index is 666. The fraction of sp³-hybridized carbons (Fsp3) is 0.545. The van der Waals surface area contributed by atoms with Crippen LogP contribution in [0.1, 0.15) is 12.6 Å². The number of aliphatic hydroxyl groups is 1. The lowest BCUT2D eigenvalue weighted by molar-refractivity contribution is -0.0479. The molecule has 4 atom stereocenters. The van der Waals surface area contributed by atoms with E-state index in [0.29, 0.717) is 22.0 Å². The number of imidazole rings is 1. The second-order valence-electron chi connectivity index (χ2n) is 4.87. The molecule has 4 rings (SSSR count). The Kier molecular flexibility index (Phi) is 2.12. The highest BCUT2D eigenvalue weighted by molar-refractivity contribution is 7.71. The molecular weight excluding hydrogens is 252 g/mol. The van der Waals surface area contributed by atoms with E-state index in [2.05, 4.69) is 15.0 Å². The molecule has 2 aliphatic rings. The predicted molar refractivity (Wildman–Crippen MR) is 65.3 cm³/mol. The van der Waals surface area contributed by atoms with Crippen molar-refractivity contribution >= 4 is 23.4 Å². The summed E-state index contributed by atoms with van der Waals surface area (Å²) < 4.78 is 8.32. The summed E-state index contributed by atoms with van der Waals surface area (Å²) in [5.41, 5.74) is 1.53. The molecule has 7 heteroatoms. The average molecular weight is 264 g/mol. The smallest absolute Gasteiger partial charge is 0.157 e. The van der Waals surface area contributed by atoms with E-state index in [1.165, 1.54) is 0 Å². The van der Waals surface area contributed by atoms with E-state index < -0.39 is 0 Å². The third kappa shape index (κ3) is 1.32. The number of H-pyrrole nitrogens is 1. The number of hydrogen-bond acceptors (Lipinski definition) is 5. The zero-order valence-corrected chi connectivity index (χ0v) is 10.3. The molecule has 0 bridgehead atoms. The standard InChI is InChI=1S/C11H12N4O2S/c16-2-7-5-1-6(5)11(17-7)15-4-14-8-9(15)12-3-13-10(8)18/h3-7,11,16H,1-2H2,(H,12,13,18)/t5-,6+,7-,11-/m1/s1. The van der Waals surface area contributed by atoms with Crippen molar-refractivity contribution in [2.45, 2.75) is 18.8 Å². The van der Waals surface area contributed by atoms with Crippen LogP contribution >= 0.6 is 12.2 Å². The summed E-state index contributed by atoms with van der Waals surface area (Å²) in [5, 5.41) is 9.25.